The second kappa shape index (κ2) is 17.5. The Bertz CT molecular complexity index is 1480. The molecule has 0 unspecified atom stereocenters. The van der Waals surface area contributed by atoms with Crippen molar-refractivity contribution in [3.05, 3.63) is 102 Å². The molecule has 0 spiro atoms. The predicted molar refractivity (Wildman–Crippen MR) is 178 cm³/mol. The molecule has 1 fully saturated rings. The lowest BCUT2D eigenvalue weighted by atomic mass is 9.92. The van der Waals surface area contributed by atoms with Crippen molar-refractivity contribution in [2.24, 2.45) is 0 Å². The molecule has 0 amide bonds. The molecule has 1 N–H and O–H groups in total. The molecule has 12 heteroatoms. The molecule has 11 nitrogen and oxygen atoms in total. The third-order valence-electron chi connectivity index (χ3n) is 7.91. The summed E-state index contributed by atoms with van der Waals surface area (Å²) in [6.07, 6.45) is -4.54. The van der Waals surface area contributed by atoms with Gasteiger partial charge in [0.1, 0.15) is 25.1 Å². The summed E-state index contributed by atoms with van der Waals surface area (Å²) in [4.78, 5) is 14.8. The van der Waals surface area contributed by atoms with E-state index in [1.807, 2.05) is 72.5 Å². The van der Waals surface area contributed by atoms with E-state index in [0.29, 0.717) is 13.1 Å². The summed E-state index contributed by atoms with van der Waals surface area (Å²) in [6.45, 7) is 7.28. The Morgan fingerprint density at radius 1 is 0.938 bits per heavy atom. The van der Waals surface area contributed by atoms with Crippen LogP contribution >= 0.6 is 0 Å². The van der Waals surface area contributed by atoms with Crippen LogP contribution in [0.2, 0.25) is 0 Å². The van der Waals surface area contributed by atoms with Gasteiger partial charge in [0.05, 0.1) is 36.7 Å². The van der Waals surface area contributed by atoms with Crippen molar-refractivity contribution >= 4 is 16.1 Å². The Balaban J connectivity index is 1.75. The lowest BCUT2D eigenvalue weighted by Crippen LogP contribution is -2.58. The molecule has 0 aromatic heterocycles. The summed E-state index contributed by atoms with van der Waals surface area (Å²) < 4.78 is 61.4. The summed E-state index contributed by atoms with van der Waals surface area (Å²) in [6, 6.07) is 24.9. The maximum Gasteiger partial charge on any atom is 0.308 e. The zero-order valence-corrected chi connectivity index (χ0v) is 29.0. The van der Waals surface area contributed by atoms with Gasteiger partial charge in [-0.25, -0.2) is 0 Å². The van der Waals surface area contributed by atoms with E-state index >= 15 is 0 Å². The SMILES string of the molecule is CCOC(=O)C[C@@H](O)[C@H]([C@@H](OCOC)[C@@H]1OC(C)(C)O[C@H]1COS(=O)(=O)c1ccc(C)cc1)N(Cc1ccccc1)Cc1ccccc1. The van der Waals surface area contributed by atoms with Crippen LogP contribution in [0.1, 0.15) is 43.9 Å². The zero-order valence-electron chi connectivity index (χ0n) is 28.2. The van der Waals surface area contributed by atoms with Crippen LogP contribution < -0.4 is 0 Å². The van der Waals surface area contributed by atoms with E-state index < -0.39 is 58.9 Å². The van der Waals surface area contributed by atoms with Crippen molar-refractivity contribution in [1.29, 1.82) is 0 Å². The first-order chi connectivity index (χ1) is 22.9. The van der Waals surface area contributed by atoms with Crippen LogP contribution in [-0.4, -0.2) is 87.8 Å². The minimum Gasteiger partial charge on any atom is -0.466 e. The number of methoxy groups -OCH3 is 1. The number of aliphatic hydroxyl groups is 1. The van der Waals surface area contributed by atoms with Crippen molar-refractivity contribution in [3.8, 4) is 0 Å². The Morgan fingerprint density at radius 3 is 2.06 bits per heavy atom. The Hall–Kier alpha value is -3.20. The van der Waals surface area contributed by atoms with E-state index in [1.165, 1.54) is 19.2 Å². The van der Waals surface area contributed by atoms with Crippen molar-refractivity contribution in [2.75, 3.05) is 27.1 Å². The Labute approximate surface area is 283 Å². The molecule has 0 radical (unpaired) electrons. The van der Waals surface area contributed by atoms with Gasteiger partial charge in [-0.15, -0.1) is 0 Å². The highest BCUT2D eigenvalue weighted by Gasteiger charge is 2.51. The van der Waals surface area contributed by atoms with Crippen LogP contribution in [0.5, 0.6) is 0 Å². The molecule has 1 heterocycles. The van der Waals surface area contributed by atoms with Crippen LogP contribution in [0.25, 0.3) is 0 Å². The standard InChI is InChI=1S/C36H47NO10S/c1-6-43-32(39)21-30(38)33(37(22-27-13-9-7-10-14-27)23-28-15-11-8-12-16-28)35(44-25-42-5)34-31(46-36(3,4)47-34)24-45-48(40,41)29-19-17-26(2)18-20-29/h7-20,30-31,33-35,38H,6,21-25H2,1-5H3/t30-,31+,33-,34-,35-/m1/s1. The summed E-state index contributed by atoms with van der Waals surface area (Å²) in [5.41, 5.74) is 2.82. The van der Waals surface area contributed by atoms with Crippen molar-refractivity contribution in [1.82, 2.24) is 4.90 Å². The predicted octanol–water partition coefficient (Wildman–Crippen LogP) is 4.59. The van der Waals surface area contributed by atoms with Crippen molar-refractivity contribution in [3.63, 3.8) is 0 Å². The van der Waals surface area contributed by atoms with E-state index in [-0.39, 0.29) is 24.7 Å². The smallest absolute Gasteiger partial charge is 0.308 e. The van der Waals surface area contributed by atoms with Crippen LogP contribution in [0, 0.1) is 6.92 Å². The summed E-state index contributed by atoms with van der Waals surface area (Å²) in [5.74, 6) is -1.74. The van der Waals surface area contributed by atoms with E-state index in [1.54, 1.807) is 32.9 Å². The lowest BCUT2D eigenvalue weighted by molar-refractivity contribution is -0.192. The number of hydrogen-bond donors (Lipinski definition) is 1. The number of rotatable bonds is 18. The summed E-state index contributed by atoms with van der Waals surface area (Å²) in [5, 5.41) is 11.9. The normalized spacial score (nSPS) is 19.6. The highest BCUT2D eigenvalue weighted by atomic mass is 32.2. The number of carbonyl (C=O) groups is 1. The number of carbonyl (C=O) groups excluding carboxylic acids is 1. The quantitative estimate of drug-likeness (QED) is 0.115. The van der Waals surface area contributed by atoms with Crippen LogP contribution in [0.15, 0.2) is 89.8 Å². The molecule has 0 bridgehead atoms. The van der Waals surface area contributed by atoms with Crippen LogP contribution in [-0.2, 0) is 55.9 Å². The number of aliphatic hydroxyl groups excluding tert-OH is 1. The first-order valence-corrected chi connectivity index (χ1v) is 17.4. The highest BCUT2D eigenvalue weighted by Crippen LogP contribution is 2.36. The summed E-state index contributed by atoms with van der Waals surface area (Å²) in [7, 11) is -2.68. The average Bonchev–Trinajstić information content (AvgIpc) is 3.37. The van der Waals surface area contributed by atoms with Gasteiger partial charge in [-0.05, 0) is 51.0 Å². The van der Waals surface area contributed by atoms with Crippen LogP contribution in [0.4, 0.5) is 0 Å². The fourth-order valence-electron chi connectivity index (χ4n) is 5.82. The number of ether oxygens (including phenoxy) is 5. The molecule has 1 aliphatic heterocycles. The number of nitrogens with zero attached hydrogens (tertiary/aromatic N) is 1. The van der Waals surface area contributed by atoms with Gasteiger partial charge in [0.2, 0.25) is 0 Å². The molecule has 262 valence electrons. The topological polar surface area (TPSA) is 130 Å². The second-order valence-electron chi connectivity index (χ2n) is 12.2. The van der Waals surface area contributed by atoms with Crippen molar-refractivity contribution < 1.29 is 46.2 Å². The summed E-state index contributed by atoms with van der Waals surface area (Å²) >= 11 is 0. The highest BCUT2D eigenvalue weighted by molar-refractivity contribution is 7.86. The Morgan fingerprint density at radius 2 is 1.52 bits per heavy atom. The fourth-order valence-corrected chi connectivity index (χ4v) is 6.74. The molecular weight excluding hydrogens is 638 g/mol. The maximum absolute atomic E-state index is 13.2. The molecule has 1 saturated heterocycles. The molecule has 3 aromatic carbocycles. The zero-order chi connectivity index (χ0) is 34.7. The first-order valence-electron chi connectivity index (χ1n) is 16.0. The molecular formula is C36H47NO10S. The molecule has 5 atom stereocenters. The number of aryl methyl sites for hydroxylation is 1. The minimum absolute atomic E-state index is 0.00893. The average molecular weight is 686 g/mol. The van der Waals surface area contributed by atoms with Gasteiger partial charge in [0, 0.05) is 20.2 Å². The van der Waals surface area contributed by atoms with Gasteiger partial charge in [-0.3, -0.25) is 13.9 Å². The van der Waals surface area contributed by atoms with Gasteiger partial charge in [-0.2, -0.15) is 8.42 Å². The fraction of sp³-hybridized carbons (Fsp3) is 0.472. The third-order valence-corrected chi connectivity index (χ3v) is 9.21. The maximum atomic E-state index is 13.2. The third kappa shape index (κ3) is 10.6. The van der Waals surface area contributed by atoms with E-state index in [4.69, 9.17) is 27.9 Å². The van der Waals surface area contributed by atoms with E-state index in [9.17, 15) is 18.3 Å². The van der Waals surface area contributed by atoms with Gasteiger partial charge >= 0.3 is 5.97 Å². The monoisotopic (exact) mass is 685 g/mol. The van der Waals surface area contributed by atoms with Gasteiger partial charge in [0.15, 0.2) is 5.79 Å². The number of benzene rings is 3. The lowest BCUT2D eigenvalue weighted by Gasteiger charge is -2.42. The Kier molecular flexibility index (Phi) is 13.7. The van der Waals surface area contributed by atoms with Crippen molar-refractivity contribution in [2.45, 2.75) is 88.3 Å². The minimum atomic E-state index is -4.15. The molecule has 0 saturated carbocycles. The molecule has 4 rings (SSSR count). The van der Waals surface area contributed by atoms with Gasteiger partial charge in [-0.1, -0.05) is 78.4 Å². The van der Waals surface area contributed by atoms with Gasteiger partial charge in [0.25, 0.3) is 10.1 Å². The van der Waals surface area contributed by atoms with Gasteiger partial charge < -0.3 is 28.8 Å². The molecule has 48 heavy (non-hydrogen) atoms. The first kappa shape index (κ1) is 37.6. The van der Waals surface area contributed by atoms with Crippen LogP contribution in [0.3, 0.4) is 0 Å². The number of esters is 1. The number of hydrogen-bond acceptors (Lipinski definition) is 11. The molecule has 0 aliphatic carbocycles. The second-order valence-corrected chi connectivity index (χ2v) is 13.8. The molecule has 1 aliphatic rings. The largest absolute Gasteiger partial charge is 0.466 e. The van der Waals surface area contributed by atoms with E-state index in [2.05, 4.69) is 0 Å². The molecule has 3 aromatic rings. The van der Waals surface area contributed by atoms with E-state index in [0.717, 1.165) is 16.7 Å².